The molecule has 5 aromatic carbocycles. The SMILES string of the molecule is C=CC(=O)OCCCOc1[c-]cc(-c2ccc(OCCCOC(=O)C=C)cc2)cc1.C=CC(=O)OCOc1ccc(C(=O)Oc2ccc(OC(=O)c3ccc(OCOC(=O)C=C)cc3)cc2)cc1.CC.[Y]. The zero-order chi connectivity index (χ0) is 50.9. The molecule has 1 radical (unpaired) electrons. The molecule has 0 aliphatic rings. The molecule has 0 saturated carbocycles. The van der Waals surface area contributed by atoms with Crippen LogP contribution in [0.5, 0.6) is 34.5 Å². The van der Waals surface area contributed by atoms with Gasteiger partial charge in [-0.2, -0.15) is 12.1 Å². The van der Waals surface area contributed by atoms with Crippen molar-refractivity contribution in [1.82, 2.24) is 0 Å². The van der Waals surface area contributed by atoms with E-state index in [0.29, 0.717) is 49.9 Å². The molecule has 369 valence electrons. The molecule has 0 N–H and O–H groups in total. The average Bonchev–Trinajstić information content (AvgIpc) is 3.40. The maximum Gasteiger partial charge on any atom is 0.343 e. The Bertz CT molecular complexity index is 2290. The fourth-order valence-corrected chi connectivity index (χ4v) is 5.09. The minimum Gasteiger partial charge on any atom is -0.519 e. The quantitative estimate of drug-likeness (QED) is 0.0102. The topological polar surface area (TPSA) is 195 Å². The third-order valence-corrected chi connectivity index (χ3v) is 8.51. The van der Waals surface area contributed by atoms with Crippen molar-refractivity contribution in [2.24, 2.45) is 0 Å². The first-order valence-corrected chi connectivity index (χ1v) is 21.5. The zero-order valence-electron chi connectivity index (χ0n) is 39.4. The van der Waals surface area contributed by atoms with Crippen LogP contribution in [0.25, 0.3) is 11.1 Å². The molecule has 16 nitrogen and oxygen atoms in total. The van der Waals surface area contributed by atoms with Crippen LogP contribution in [-0.2, 0) is 70.8 Å². The number of hydrogen-bond donors (Lipinski definition) is 0. The minimum atomic E-state index is -0.614. The maximum absolute atomic E-state index is 12.4. The first-order chi connectivity index (χ1) is 34.0. The third kappa shape index (κ3) is 23.4. The molecule has 0 amide bonds. The van der Waals surface area contributed by atoms with E-state index in [1.807, 2.05) is 56.3 Å². The van der Waals surface area contributed by atoms with E-state index in [4.69, 9.17) is 47.4 Å². The monoisotopic (exact) mass is 1050 g/mol. The molecular weight excluding hydrogens is 993 g/mol. The van der Waals surface area contributed by atoms with Crippen LogP contribution >= 0.6 is 0 Å². The second-order valence-corrected chi connectivity index (χ2v) is 13.3. The summed E-state index contributed by atoms with van der Waals surface area (Å²) in [5.74, 6) is -0.674. The van der Waals surface area contributed by atoms with E-state index in [9.17, 15) is 28.8 Å². The van der Waals surface area contributed by atoms with Gasteiger partial charge in [-0.3, -0.25) is 0 Å². The van der Waals surface area contributed by atoms with E-state index >= 15 is 0 Å². The Morgan fingerprint density at radius 2 is 0.775 bits per heavy atom. The second-order valence-electron chi connectivity index (χ2n) is 13.3. The van der Waals surface area contributed by atoms with Gasteiger partial charge in [-0.15, -0.1) is 17.7 Å². The number of hydrogen-bond acceptors (Lipinski definition) is 16. The van der Waals surface area contributed by atoms with Crippen molar-refractivity contribution in [2.45, 2.75) is 26.7 Å². The number of ether oxygens (including phenoxy) is 10. The summed E-state index contributed by atoms with van der Waals surface area (Å²) in [6.45, 7) is 18.1. The van der Waals surface area contributed by atoms with Gasteiger partial charge < -0.3 is 47.4 Å². The summed E-state index contributed by atoms with van der Waals surface area (Å²) < 4.78 is 51.6. The van der Waals surface area contributed by atoms with Gasteiger partial charge in [-0.1, -0.05) is 57.9 Å². The van der Waals surface area contributed by atoms with Crippen molar-refractivity contribution in [3.63, 3.8) is 0 Å². The molecule has 0 unspecified atom stereocenters. The van der Waals surface area contributed by atoms with Crippen LogP contribution in [0.2, 0.25) is 0 Å². The molecule has 0 fully saturated rings. The number of rotatable bonds is 25. The third-order valence-electron chi connectivity index (χ3n) is 8.51. The molecule has 71 heavy (non-hydrogen) atoms. The van der Waals surface area contributed by atoms with Gasteiger partial charge in [0.25, 0.3) is 0 Å². The Balaban J connectivity index is 0.000000476. The van der Waals surface area contributed by atoms with E-state index in [2.05, 4.69) is 32.4 Å². The smallest absolute Gasteiger partial charge is 0.343 e. The average molecular weight is 1050 g/mol. The molecule has 5 rings (SSSR count). The summed E-state index contributed by atoms with van der Waals surface area (Å²) in [6.07, 6.45) is 5.51. The van der Waals surface area contributed by atoms with E-state index < -0.39 is 35.8 Å². The van der Waals surface area contributed by atoms with Crippen LogP contribution < -0.4 is 28.4 Å². The molecule has 0 aromatic heterocycles. The van der Waals surface area contributed by atoms with Crippen LogP contribution in [0, 0.1) is 6.07 Å². The van der Waals surface area contributed by atoms with Crippen molar-refractivity contribution in [2.75, 3.05) is 40.0 Å². The predicted molar refractivity (Wildman–Crippen MR) is 257 cm³/mol. The Kier molecular flexibility index (Phi) is 28.8. The van der Waals surface area contributed by atoms with Crippen LogP contribution in [0.3, 0.4) is 0 Å². The first kappa shape index (κ1) is 59.3. The zero-order valence-corrected chi connectivity index (χ0v) is 42.2. The van der Waals surface area contributed by atoms with Crippen molar-refractivity contribution in [3.8, 4) is 45.6 Å². The molecule has 0 saturated heterocycles. The largest absolute Gasteiger partial charge is 0.519 e. The standard InChI is InChI=1S/C28H22O10.C24H25O6.C2H6.Y/c1-3-25(29)35-17-33-21-9-5-19(6-10-21)27(31)37-23-13-15-24(16-14-23)38-28(32)20-7-11-22(12-8-20)34-18-36-26(30)4-2;1-3-23(25)29-17-5-15-27-21-11-7-19(8-12-21)20-9-13-22(14-10-20)28-16-6-18-30-24(26)4-2;1-2;/h3-16H,1-2,17-18H2;3-4,7-13H,1-2,5-6,15-18H2;1-2H3;/q;-1;;. The molecule has 0 atom stereocenters. The normalized spacial score (nSPS) is 9.61. The van der Waals surface area contributed by atoms with E-state index in [1.54, 1.807) is 0 Å². The summed E-state index contributed by atoms with van der Waals surface area (Å²) in [5, 5.41) is 0. The van der Waals surface area contributed by atoms with Crippen LogP contribution in [0.4, 0.5) is 0 Å². The molecule has 0 spiro atoms. The van der Waals surface area contributed by atoms with Crippen LogP contribution in [-0.4, -0.2) is 75.8 Å². The van der Waals surface area contributed by atoms with Gasteiger partial charge in [0.2, 0.25) is 13.6 Å². The summed E-state index contributed by atoms with van der Waals surface area (Å²) in [4.78, 5) is 68.6. The summed E-state index contributed by atoms with van der Waals surface area (Å²) >= 11 is 0. The number of esters is 6. The summed E-state index contributed by atoms with van der Waals surface area (Å²) in [5.41, 5.74) is 2.57. The molecule has 0 aliphatic heterocycles. The molecule has 0 bridgehead atoms. The van der Waals surface area contributed by atoms with Crippen molar-refractivity contribution < 1.29 is 109 Å². The van der Waals surface area contributed by atoms with E-state index in [0.717, 1.165) is 41.2 Å². The summed E-state index contributed by atoms with van der Waals surface area (Å²) in [7, 11) is 0. The Labute approximate surface area is 437 Å². The molecule has 5 aromatic rings. The van der Waals surface area contributed by atoms with Crippen molar-refractivity contribution >= 4 is 35.8 Å². The van der Waals surface area contributed by atoms with Crippen LogP contribution in [0.1, 0.15) is 47.4 Å². The second kappa shape index (κ2) is 34.5. The summed E-state index contributed by atoms with van der Waals surface area (Å²) in [6, 6.07) is 34.4. The predicted octanol–water partition coefficient (Wildman–Crippen LogP) is 9.43. The van der Waals surface area contributed by atoms with Gasteiger partial charge in [-0.25, -0.2) is 28.8 Å². The van der Waals surface area contributed by atoms with Crippen LogP contribution in [0.15, 0.2) is 166 Å². The first-order valence-electron chi connectivity index (χ1n) is 21.5. The van der Waals surface area contributed by atoms with E-state index in [1.165, 1.54) is 72.8 Å². The van der Waals surface area contributed by atoms with Gasteiger partial charge in [-0.05, 0) is 84.9 Å². The Hall–Kier alpha value is -7.82. The molecular formula is C54H53O16Y-. The van der Waals surface area contributed by atoms with Gasteiger partial charge >= 0.3 is 35.8 Å². The van der Waals surface area contributed by atoms with Crippen molar-refractivity contribution in [1.29, 1.82) is 0 Å². The fraction of sp³-hybridized carbons (Fsp3) is 0.185. The van der Waals surface area contributed by atoms with Crippen molar-refractivity contribution in [3.05, 3.63) is 183 Å². The molecule has 0 aliphatic carbocycles. The maximum atomic E-state index is 12.4. The van der Waals surface area contributed by atoms with Gasteiger partial charge in [0.15, 0.2) is 0 Å². The van der Waals surface area contributed by atoms with E-state index in [-0.39, 0.29) is 75.5 Å². The Morgan fingerprint density at radius 1 is 0.423 bits per heavy atom. The molecule has 0 heterocycles. The van der Waals surface area contributed by atoms with Gasteiger partial charge in [0, 0.05) is 75.6 Å². The fourth-order valence-electron chi connectivity index (χ4n) is 5.09. The molecule has 17 heteroatoms. The van der Waals surface area contributed by atoms with Gasteiger partial charge in [0.1, 0.15) is 28.7 Å². The van der Waals surface area contributed by atoms with Gasteiger partial charge in [0.05, 0.1) is 37.6 Å². The minimum absolute atomic E-state index is 0. The number of carbonyl (C=O) groups is 6. The number of carbonyl (C=O) groups excluding carboxylic acids is 6. The number of benzene rings is 5. The Morgan fingerprint density at radius 3 is 1.17 bits per heavy atom.